The van der Waals surface area contributed by atoms with Gasteiger partial charge in [-0.2, -0.15) is 13.5 Å². The number of benzene rings is 4. The second kappa shape index (κ2) is 27.0. The average Bonchev–Trinajstić information content (AvgIpc) is 3.31. The number of alkyl carbamates (subject to hydrolysis) is 1. The topological polar surface area (TPSA) is 347 Å². The number of unbranched alkanes of at least 4 members (excludes halogenated alkanes) is 1. The Morgan fingerprint density at radius 1 is 0.697 bits per heavy atom. The number of fused-ring (bicyclic) bond motifs is 1. The third kappa shape index (κ3) is 18.5. The number of hydrogen-bond acceptors (Lipinski definition) is 17. The zero-order chi connectivity index (χ0) is 55.9. The van der Waals surface area contributed by atoms with Gasteiger partial charge in [0.1, 0.15) is 22.2 Å². The number of aliphatic carboxylic acids is 3. The van der Waals surface area contributed by atoms with Crippen LogP contribution in [0.2, 0.25) is 0 Å². The van der Waals surface area contributed by atoms with E-state index in [0.717, 1.165) is 22.8 Å². The van der Waals surface area contributed by atoms with Crippen LogP contribution in [0.4, 0.5) is 27.5 Å². The van der Waals surface area contributed by atoms with Gasteiger partial charge in [0.25, 0.3) is 10.1 Å². The maximum Gasteiger partial charge on any atom is 0.407 e. The van der Waals surface area contributed by atoms with Gasteiger partial charge in [-0.1, -0.05) is 18.2 Å². The first-order valence-corrected chi connectivity index (χ1v) is 26.0. The fourth-order valence-electron chi connectivity index (χ4n) is 8.46. The van der Waals surface area contributed by atoms with Gasteiger partial charge >= 0.3 is 24.0 Å². The van der Waals surface area contributed by atoms with Crippen LogP contribution < -0.4 is 21.7 Å². The van der Waals surface area contributed by atoms with Gasteiger partial charge in [-0.05, 0) is 119 Å². The van der Waals surface area contributed by atoms with Gasteiger partial charge < -0.3 is 46.8 Å². The molecule has 10 N–H and O–H groups in total. The van der Waals surface area contributed by atoms with E-state index in [1.165, 1.54) is 18.2 Å². The van der Waals surface area contributed by atoms with E-state index in [1.54, 1.807) is 52.5 Å². The summed E-state index contributed by atoms with van der Waals surface area (Å²) in [7, 11) is -4.61. The zero-order valence-corrected chi connectivity index (χ0v) is 44.1. The fraction of sp³-hybridized carbons (Fsp3) is 0.451. The van der Waals surface area contributed by atoms with E-state index in [0.29, 0.717) is 29.8 Å². The van der Waals surface area contributed by atoms with Crippen LogP contribution in [-0.2, 0) is 38.8 Å². The van der Waals surface area contributed by atoms with Crippen LogP contribution in [0.5, 0.6) is 5.75 Å². The lowest BCUT2D eigenvalue weighted by molar-refractivity contribution is -0.140. The Balaban J connectivity index is 1.31. The molecule has 0 unspecified atom stereocenters. The number of nitrogen functional groups attached to an aromatic ring is 1. The molecule has 1 atom stereocenters. The number of nitrogens with zero attached hydrogens (tertiary/aromatic N) is 6. The highest BCUT2D eigenvalue weighted by Crippen LogP contribution is 2.41. The van der Waals surface area contributed by atoms with Crippen molar-refractivity contribution in [1.82, 2.24) is 30.2 Å². The smallest absolute Gasteiger partial charge is 0.407 e. The summed E-state index contributed by atoms with van der Waals surface area (Å²) >= 11 is 0. The lowest BCUT2D eigenvalue weighted by Gasteiger charge is -2.33. The molecular weight excluding hydrogens is 1010 g/mol. The summed E-state index contributed by atoms with van der Waals surface area (Å²) < 4.78 is 38.9. The van der Waals surface area contributed by atoms with E-state index in [1.807, 2.05) is 38.1 Å². The van der Waals surface area contributed by atoms with Gasteiger partial charge in [-0.3, -0.25) is 48.1 Å². The molecule has 0 aliphatic carbocycles. The minimum Gasteiger partial charge on any atom is -0.505 e. The van der Waals surface area contributed by atoms with Crippen LogP contribution in [0.1, 0.15) is 51.2 Å². The minimum absolute atomic E-state index is 0.00647. The predicted molar refractivity (Wildman–Crippen MR) is 283 cm³/mol. The molecule has 412 valence electrons. The van der Waals surface area contributed by atoms with Crippen molar-refractivity contribution in [1.29, 1.82) is 0 Å². The van der Waals surface area contributed by atoms with Crippen LogP contribution in [0.3, 0.4) is 0 Å². The molecular formula is C51H68N10O14S. The van der Waals surface area contributed by atoms with Gasteiger partial charge in [0.05, 0.1) is 37.3 Å². The van der Waals surface area contributed by atoms with Crippen LogP contribution in [-0.4, -0.2) is 186 Å². The van der Waals surface area contributed by atoms with Gasteiger partial charge in [0.2, 0.25) is 11.8 Å². The molecule has 0 radical (unpaired) electrons. The quantitative estimate of drug-likeness (QED) is 0.0251. The number of carboxylic acid groups (broad SMARTS) is 3. The number of phenols is 1. The largest absolute Gasteiger partial charge is 0.505 e. The predicted octanol–water partition coefficient (Wildman–Crippen LogP) is 4.67. The maximum atomic E-state index is 14.1. The maximum absolute atomic E-state index is 14.1. The number of amides is 3. The molecule has 0 aromatic heterocycles. The van der Waals surface area contributed by atoms with Crippen LogP contribution in [0.25, 0.3) is 21.9 Å². The minimum atomic E-state index is -4.61. The lowest BCUT2D eigenvalue weighted by atomic mass is 10.00. The SMILES string of the molecule is Cc1cc(-c2ccc(NC(=O)[C@H](CCCCNC(=O)OC(C)(C)C)NC(=O)CN3CCN(CC(=O)O)CCN(CC(=O)O)CCN(CC(=O)O)CC3)c(C)c2)ccc1N=Nc1ccc2c(S(=O)(=O)O)ccc(N)c2c1O. The monoisotopic (exact) mass is 1080 g/mol. The van der Waals surface area contributed by atoms with Crippen LogP contribution in [0.15, 0.2) is 75.8 Å². The molecule has 1 saturated heterocycles. The third-order valence-electron chi connectivity index (χ3n) is 12.3. The molecule has 76 heavy (non-hydrogen) atoms. The molecule has 1 aliphatic heterocycles. The number of nitrogens with one attached hydrogen (secondary N) is 3. The number of hydrogen-bond donors (Lipinski definition) is 9. The molecule has 1 aliphatic rings. The number of rotatable bonds is 20. The van der Waals surface area contributed by atoms with Crippen molar-refractivity contribution in [2.24, 2.45) is 10.2 Å². The first-order valence-electron chi connectivity index (χ1n) is 24.5. The standard InChI is InChI=1S/C51H68N10O14S/c1-32-26-34(35-10-14-39(33(2)27-35)56-57-40-15-11-36-42(76(72,73)74)16-12-37(52)47(36)48(40)69)9-13-38(32)55-49(70)41(8-6-7-17-53-50(71)75-51(3,4)5)54-43(62)28-58-18-20-59(29-44(63)64)22-24-61(31-46(67)68)25-23-60(21-19-58)30-45(65)66/h9-16,26-27,41,69H,6-8,17-25,28-31,52H2,1-5H3,(H,53,71)(H,54,62)(H,55,70)(H,63,64)(H,65,66)(H,67,68)(H,72,73,74)/t41-/m0/s1. The van der Waals surface area contributed by atoms with Crippen molar-refractivity contribution < 1.29 is 66.9 Å². The lowest BCUT2D eigenvalue weighted by Crippen LogP contribution is -2.51. The van der Waals surface area contributed by atoms with Crippen LogP contribution in [0, 0.1) is 13.8 Å². The number of carbonyl (C=O) groups excluding carboxylic acids is 3. The Kier molecular flexibility index (Phi) is 21.1. The summed E-state index contributed by atoms with van der Waals surface area (Å²) in [4.78, 5) is 81.8. The summed E-state index contributed by atoms with van der Waals surface area (Å²) in [5.41, 5.74) is 9.40. The van der Waals surface area contributed by atoms with Crippen molar-refractivity contribution in [2.45, 2.75) is 70.4 Å². The first-order chi connectivity index (χ1) is 35.8. The molecule has 0 saturated carbocycles. The van der Waals surface area contributed by atoms with E-state index in [-0.39, 0.29) is 114 Å². The second-order valence-corrected chi connectivity index (χ2v) is 20.9. The van der Waals surface area contributed by atoms with Gasteiger partial charge in [0.15, 0.2) is 5.75 Å². The Morgan fingerprint density at radius 3 is 1.70 bits per heavy atom. The van der Waals surface area contributed by atoms with E-state index >= 15 is 0 Å². The van der Waals surface area contributed by atoms with E-state index in [4.69, 9.17) is 10.5 Å². The molecule has 0 bridgehead atoms. The Hall–Kier alpha value is -7.29. The molecule has 3 amide bonds. The van der Waals surface area contributed by atoms with Crippen molar-refractivity contribution in [2.75, 3.05) is 96.1 Å². The number of carbonyl (C=O) groups is 6. The zero-order valence-electron chi connectivity index (χ0n) is 43.2. The molecule has 4 aromatic rings. The van der Waals surface area contributed by atoms with Gasteiger partial charge in [0, 0.05) is 75.7 Å². The highest BCUT2D eigenvalue weighted by Gasteiger charge is 2.26. The third-order valence-corrected chi connectivity index (χ3v) is 13.2. The van der Waals surface area contributed by atoms with Gasteiger partial charge in [-0.15, -0.1) is 5.11 Å². The summed E-state index contributed by atoms with van der Waals surface area (Å²) in [6.07, 6.45) is 0.449. The number of ether oxygens (including phenoxy) is 1. The molecule has 25 heteroatoms. The second-order valence-electron chi connectivity index (χ2n) is 19.5. The number of phenolic OH excluding ortho intramolecular Hbond substituents is 1. The molecule has 24 nitrogen and oxygen atoms in total. The molecule has 0 spiro atoms. The van der Waals surface area contributed by atoms with Crippen LogP contribution >= 0.6 is 0 Å². The molecule has 1 heterocycles. The van der Waals surface area contributed by atoms with E-state index < -0.39 is 68.2 Å². The fourth-order valence-corrected chi connectivity index (χ4v) is 9.14. The number of carboxylic acids is 3. The molecule has 4 aromatic carbocycles. The summed E-state index contributed by atoms with van der Waals surface area (Å²) in [5.74, 6) is -4.68. The van der Waals surface area contributed by atoms with Crippen molar-refractivity contribution in [3.8, 4) is 16.9 Å². The Bertz CT molecular complexity index is 2880. The highest BCUT2D eigenvalue weighted by atomic mass is 32.2. The summed E-state index contributed by atoms with van der Waals surface area (Å²) in [6, 6.07) is 14.9. The van der Waals surface area contributed by atoms with E-state index in [2.05, 4.69) is 26.2 Å². The highest BCUT2D eigenvalue weighted by molar-refractivity contribution is 7.86. The van der Waals surface area contributed by atoms with Crippen molar-refractivity contribution in [3.05, 3.63) is 71.8 Å². The number of aromatic hydroxyl groups is 1. The first kappa shape index (κ1) is 59.6. The Morgan fingerprint density at radius 2 is 1.20 bits per heavy atom. The number of nitrogens with two attached hydrogens (primary N) is 1. The number of anilines is 2. The summed E-state index contributed by atoms with van der Waals surface area (Å²) in [6.45, 7) is 9.53. The van der Waals surface area contributed by atoms with Crippen molar-refractivity contribution in [3.63, 3.8) is 0 Å². The number of aryl methyl sites for hydroxylation is 2. The number of azo groups is 1. The Labute approximate surface area is 440 Å². The van der Waals surface area contributed by atoms with E-state index in [9.17, 15) is 62.2 Å². The normalized spacial score (nSPS) is 15.3. The average molecular weight is 1080 g/mol. The molecule has 5 rings (SSSR count). The van der Waals surface area contributed by atoms with Gasteiger partial charge in [-0.25, -0.2) is 4.79 Å². The molecule has 1 fully saturated rings. The summed E-state index contributed by atoms with van der Waals surface area (Å²) in [5, 5.41) is 56.8. The van der Waals surface area contributed by atoms with Crippen molar-refractivity contribution >= 4 is 79.5 Å².